The molecule has 0 aliphatic rings. The van der Waals surface area contributed by atoms with Gasteiger partial charge in [-0.3, -0.25) is 14.9 Å². The molecule has 0 saturated carbocycles. The van der Waals surface area contributed by atoms with Crippen LogP contribution in [0.1, 0.15) is 39.2 Å². The van der Waals surface area contributed by atoms with E-state index in [2.05, 4.69) is 10.4 Å². The van der Waals surface area contributed by atoms with E-state index in [1.165, 1.54) is 35.1 Å². The minimum Gasteiger partial charge on any atom is -0.479 e. The molecule has 11 heteroatoms. The number of benzene rings is 2. The van der Waals surface area contributed by atoms with Gasteiger partial charge >= 0.3 is 11.7 Å². The second kappa shape index (κ2) is 10.6. The molecule has 1 amide bonds. The lowest BCUT2D eigenvalue weighted by molar-refractivity contribution is -0.386. The van der Waals surface area contributed by atoms with Crippen LogP contribution in [-0.4, -0.2) is 33.2 Å². The summed E-state index contributed by atoms with van der Waals surface area (Å²) in [6.45, 7) is 3.44. The second-order valence-electron chi connectivity index (χ2n) is 7.61. The molecule has 2 aromatic heterocycles. The fourth-order valence-corrected chi connectivity index (χ4v) is 3.38. The van der Waals surface area contributed by atoms with Gasteiger partial charge < -0.3 is 19.2 Å². The number of carbonyl (C=O) groups excluding carboxylic acids is 2. The third-order valence-electron chi connectivity index (χ3n) is 5.06. The summed E-state index contributed by atoms with van der Waals surface area (Å²) in [6, 6.07) is 16.5. The average molecular weight is 490 g/mol. The van der Waals surface area contributed by atoms with Crippen molar-refractivity contribution in [3.05, 3.63) is 99.6 Å². The number of nitrogens with one attached hydrogen (secondary N) is 1. The number of carbonyl (C=O) groups is 2. The van der Waals surface area contributed by atoms with Gasteiger partial charge in [-0.05, 0) is 49.7 Å². The van der Waals surface area contributed by atoms with E-state index in [0.29, 0.717) is 5.69 Å². The fraction of sp³-hybridized carbons (Fsp3) is 0.160. The summed E-state index contributed by atoms with van der Waals surface area (Å²) in [6.07, 6.45) is 1.32. The number of rotatable bonds is 9. The Morgan fingerprint density at radius 1 is 1.14 bits per heavy atom. The van der Waals surface area contributed by atoms with Crippen molar-refractivity contribution in [2.45, 2.75) is 20.5 Å². The molecule has 0 aliphatic carbocycles. The minimum absolute atomic E-state index is 0.0531. The summed E-state index contributed by atoms with van der Waals surface area (Å²) in [4.78, 5) is 36.2. The zero-order chi connectivity index (χ0) is 25.7. The minimum atomic E-state index is -0.636. The van der Waals surface area contributed by atoms with Crippen LogP contribution in [0.2, 0.25) is 0 Å². The third-order valence-corrected chi connectivity index (χ3v) is 5.06. The Morgan fingerprint density at radius 2 is 1.92 bits per heavy atom. The van der Waals surface area contributed by atoms with Crippen LogP contribution in [-0.2, 0) is 11.3 Å². The molecule has 0 bridgehead atoms. The van der Waals surface area contributed by atoms with E-state index >= 15 is 0 Å². The number of ether oxygens (including phenoxy) is 2. The molecule has 0 atom stereocenters. The molecule has 4 aromatic rings. The van der Waals surface area contributed by atoms with Crippen molar-refractivity contribution in [1.82, 2.24) is 9.78 Å². The van der Waals surface area contributed by atoms with Gasteiger partial charge in [-0.1, -0.05) is 24.3 Å². The Bertz CT molecular complexity index is 1410. The monoisotopic (exact) mass is 490 g/mol. The Morgan fingerprint density at radius 3 is 2.64 bits per heavy atom. The highest BCUT2D eigenvalue weighted by molar-refractivity contribution is 6.06. The van der Waals surface area contributed by atoms with Crippen LogP contribution >= 0.6 is 0 Å². The predicted octanol–water partition coefficient (Wildman–Crippen LogP) is 4.69. The molecule has 0 unspecified atom stereocenters. The number of aromatic nitrogens is 2. The number of hydrogen-bond donors (Lipinski definition) is 1. The van der Waals surface area contributed by atoms with Crippen LogP contribution in [0.25, 0.3) is 5.69 Å². The molecule has 0 spiro atoms. The van der Waals surface area contributed by atoms with Gasteiger partial charge in [0, 0.05) is 6.07 Å². The lowest BCUT2D eigenvalue weighted by atomic mass is 10.2. The largest absolute Gasteiger partial charge is 0.479 e. The van der Waals surface area contributed by atoms with Crippen molar-refractivity contribution < 1.29 is 28.4 Å². The molecule has 0 saturated heterocycles. The average Bonchev–Trinajstić information content (AvgIpc) is 3.51. The molecule has 2 aromatic carbocycles. The number of esters is 1. The normalized spacial score (nSPS) is 10.6. The summed E-state index contributed by atoms with van der Waals surface area (Å²) >= 11 is 0. The zero-order valence-corrected chi connectivity index (χ0v) is 19.5. The van der Waals surface area contributed by atoms with E-state index < -0.39 is 16.8 Å². The predicted molar refractivity (Wildman–Crippen MR) is 128 cm³/mol. The van der Waals surface area contributed by atoms with Crippen molar-refractivity contribution in [2.24, 2.45) is 0 Å². The zero-order valence-electron chi connectivity index (χ0n) is 19.5. The van der Waals surface area contributed by atoms with Crippen molar-refractivity contribution >= 4 is 23.4 Å². The lowest BCUT2D eigenvalue weighted by Crippen LogP contribution is -2.17. The molecule has 4 rings (SSSR count). The number of nitro groups is 1. The first kappa shape index (κ1) is 24.2. The quantitative estimate of drug-likeness (QED) is 0.203. The van der Waals surface area contributed by atoms with E-state index in [4.69, 9.17) is 13.9 Å². The first-order chi connectivity index (χ1) is 17.4. The number of furan rings is 1. The molecule has 184 valence electrons. The number of nitro benzene ring substituents is 1. The van der Waals surface area contributed by atoms with Gasteiger partial charge in [-0.15, -0.1) is 0 Å². The van der Waals surface area contributed by atoms with Crippen molar-refractivity contribution in [2.75, 3.05) is 11.9 Å². The van der Waals surface area contributed by atoms with Gasteiger partial charge in [0.1, 0.15) is 17.9 Å². The molecule has 11 nitrogen and oxygen atoms in total. The Labute approximate surface area is 205 Å². The molecule has 36 heavy (non-hydrogen) atoms. The van der Waals surface area contributed by atoms with Crippen LogP contribution in [0.5, 0.6) is 5.75 Å². The topological polar surface area (TPSA) is 139 Å². The van der Waals surface area contributed by atoms with E-state index in [1.54, 1.807) is 44.2 Å². The van der Waals surface area contributed by atoms with Crippen molar-refractivity contribution in [3.63, 3.8) is 0 Å². The van der Waals surface area contributed by atoms with Crippen LogP contribution in [0, 0.1) is 17.0 Å². The van der Waals surface area contributed by atoms with Gasteiger partial charge in [0.15, 0.2) is 17.3 Å². The van der Waals surface area contributed by atoms with E-state index in [-0.39, 0.29) is 47.6 Å². The molecular formula is C25H22N4O7. The number of aryl methyl sites for hydroxylation is 1. The molecule has 0 radical (unpaired) electrons. The lowest BCUT2D eigenvalue weighted by Gasteiger charge is -2.10. The Hall–Kier alpha value is -4.93. The fourth-order valence-electron chi connectivity index (χ4n) is 3.38. The molecule has 2 heterocycles. The maximum absolute atomic E-state index is 13.0. The smallest absolute Gasteiger partial charge is 0.343 e. The van der Waals surface area contributed by atoms with Crippen LogP contribution in [0.3, 0.4) is 0 Å². The van der Waals surface area contributed by atoms with Gasteiger partial charge in [-0.2, -0.15) is 5.10 Å². The highest BCUT2D eigenvalue weighted by atomic mass is 16.6. The number of nitrogens with zero attached hydrogens (tertiary/aromatic N) is 3. The van der Waals surface area contributed by atoms with Crippen LogP contribution < -0.4 is 10.1 Å². The first-order valence-electron chi connectivity index (χ1n) is 11.0. The van der Waals surface area contributed by atoms with Crippen molar-refractivity contribution in [3.8, 4) is 11.4 Å². The first-order valence-corrected chi connectivity index (χ1v) is 11.0. The van der Waals surface area contributed by atoms with Gasteiger partial charge in [0.25, 0.3) is 5.91 Å². The second-order valence-corrected chi connectivity index (χ2v) is 7.61. The van der Waals surface area contributed by atoms with Crippen LogP contribution in [0.4, 0.5) is 11.5 Å². The van der Waals surface area contributed by atoms with Gasteiger partial charge in [-0.25, -0.2) is 9.48 Å². The number of hydrogen-bond acceptors (Lipinski definition) is 8. The van der Waals surface area contributed by atoms with Crippen molar-refractivity contribution in [1.29, 1.82) is 0 Å². The number of para-hydroxylation sites is 1. The van der Waals surface area contributed by atoms with Gasteiger partial charge in [0.2, 0.25) is 0 Å². The summed E-state index contributed by atoms with van der Waals surface area (Å²) in [5.41, 5.74) is 1.26. The molecule has 0 aliphatic heterocycles. The number of amides is 1. The summed E-state index contributed by atoms with van der Waals surface area (Å²) in [5.74, 6) is -0.846. The van der Waals surface area contributed by atoms with Gasteiger partial charge in [0.05, 0.1) is 23.4 Å². The highest BCUT2D eigenvalue weighted by Crippen LogP contribution is 2.29. The summed E-state index contributed by atoms with van der Waals surface area (Å²) < 4.78 is 17.6. The Balaban J connectivity index is 1.53. The highest BCUT2D eigenvalue weighted by Gasteiger charge is 2.23. The maximum Gasteiger partial charge on any atom is 0.343 e. The maximum atomic E-state index is 13.0. The van der Waals surface area contributed by atoms with E-state index in [0.717, 1.165) is 5.56 Å². The van der Waals surface area contributed by atoms with Crippen LogP contribution in [0.15, 0.2) is 71.3 Å². The van der Waals surface area contributed by atoms with E-state index in [9.17, 15) is 19.7 Å². The van der Waals surface area contributed by atoms with E-state index in [1.807, 2.05) is 6.07 Å². The SMILES string of the molecule is CCOC(=O)c1cnn(-c2ccccc2)c1NC(=O)c1ccc(COc2ccc(C)cc2[N+](=O)[O-])o1. The molecular weight excluding hydrogens is 468 g/mol. The third kappa shape index (κ3) is 5.25. The summed E-state index contributed by atoms with van der Waals surface area (Å²) in [5, 5.41) is 18.2. The molecule has 0 fully saturated rings. The molecule has 1 N–H and O–H groups in total. The number of anilines is 1. The Kier molecular flexibility index (Phi) is 7.10. The summed E-state index contributed by atoms with van der Waals surface area (Å²) in [7, 11) is 0. The standard InChI is InChI=1S/C25H22N4O7/c1-3-34-25(31)19-14-26-28(17-7-5-4-6-8-17)23(19)27-24(30)22-12-10-18(36-22)15-35-21-11-9-16(2)13-20(21)29(32)33/h4-14H,3,15H2,1-2H3,(H,27,30).